The van der Waals surface area contributed by atoms with Gasteiger partial charge >= 0.3 is 0 Å². The number of hydrazine groups is 1. The molecule has 0 aliphatic rings. The van der Waals surface area contributed by atoms with Crippen molar-refractivity contribution in [1.82, 2.24) is 15.2 Å². The summed E-state index contributed by atoms with van der Waals surface area (Å²) in [5, 5.41) is 4.12. The lowest BCUT2D eigenvalue weighted by atomic mass is 10.0. The van der Waals surface area contributed by atoms with Gasteiger partial charge in [-0.2, -0.15) is 5.10 Å². The van der Waals surface area contributed by atoms with Crippen LogP contribution in [0.2, 0.25) is 0 Å². The maximum Gasteiger partial charge on any atom is 0.124 e. The van der Waals surface area contributed by atoms with Gasteiger partial charge in [0.1, 0.15) is 5.82 Å². The zero-order valence-electron chi connectivity index (χ0n) is 9.49. The average Bonchev–Trinajstić information content (AvgIpc) is 2.61. The molecule has 0 fully saturated rings. The SMILES string of the molecule is Cn1ncc(Br)c1C(NN)c1cc(F)cc(Br)c1. The summed E-state index contributed by atoms with van der Waals surface area (Å²) in [5.41, 5.74) is 4.22. The minimum absolute atomic E-state index is 0.321. The van der Waals surface area contributed by atoms with Crippen LogP contribution in [0.25, 0.3) is 0 Å². The molecule has 1 atom stereocenters. The molecule has 0 spiro atoms. The summed E-state index contributed by atoms with van der Waals surface area (Å²) >= 11 is 6.68. The Morgan fingerprint density at radius 2 is 2.11 bits per heavy atom. The lowest BCUT2D eigenvalue weighted by molar-refractivity contribution is 0.564. The van der Waals surface area contributed by atoms with Crippen LogP contribution in [-0.4, -0.2) is 9.78 Å². The molecule has 1 aromatic heterocycles. The third-order valence-corrected chi connectivity index (χ3v) is 3.66. The molecule has 4 nitrogen and oxygen atoms in total. The minimum atomic E-state index is -0.348. The highest BCUT2D eigenvalue weighted by molar-refractivity contribution is 9.10. The van der Waals surface area contributed by atoms with E-state index in [1.54, 1.807) is 17.9 Å². The summed E-state index contributed by atoms with van der Waals surface area (Å²) < 4.78 is 16.6. The molecule has 2 rings (SSSR count). The summed E-state index contributed by atoms with van der Waals surface area (Å²) in [6, 6.07) is 4.30. The van der Waals surface area contributed by atoms with Crippen LogP contribution in [0.4, 0.5) is 4.39 Å². The molecule has 3 N–H and O–H groups in total. The highest BCUT2D eigenvalue weighted by atomic mass is 79.9. The number of hydrogen-bond acceptors (Lipinski definition) is 3. The van der Waals surface area contributed by atoms with Crippen LogP contribution in [0.5, 0.6) is 0 Å². The molecular weight excluding hydrogens is 367 g/mol. The second-order valence-corrected chi connectivity index (χ2v) is 5.57. The Bertz CT molecular complexity index is 530. The van der Waals surface area contributed by atoms with Gasteiger partial charge in [0.15, 0.2) is 0 Å². The fraction of sp³-hybridized carbons (Fsp3) is 0.182. The maximum absolute atomic E-state index is 13.4. The third kappa shape index (κ3) is 2.64. The van der Waals surface area contributed by atoms with E-state index in [-0.39, 0.29) is 11.9 Å². The molecule has 0 bridgehead atoms. The van der Waals surface area contributed by atoms with Crippen molar-refractivity contribution in [2.75, 3.05) is 0 Å². The summed E-state index contributed by atoms with van der Waals surface area (Å²) in [5.74, 6) is 5.26. The van der Waals surface area contributed by atoms with E-state index in [1.807, 2.05) is 6.07 Å². The Balaban J connectivity index is 2.52. The Morgan fingerprint density at radius 3 is 2.61 bits per heavy atom. The Morgan fingerprint density at radius 1 is 1.39 bits per heavy atom. The first kappa shape index (κ1) is 13.7. The number of aryl methyl sites for hydroxylation is 1. The number of nitrogens with zero attached hydrogens (tertiary/aromatic N) is 2. The molecule has 0 aliphatic carbocycles. The lowest BCUT2D eigenvalue weighted by Gasteiger charge is -2.18. The predicted molar refractivity (Wildman–Crippen MR) is 74.2 cm³/mol. The summed E-state index contributed by atoms with van der Waals surface area (Å²) in [6.45, 7) is 0. The standard InChI is InChI=1S/C11H11Br2FN4/c1-18-11(9(13)5-16-18)10(17-15)6-2-7(12)4-8(14)3-6/h2-5,10,17H,15H2,1H3. The molecule has 0 radical (unpaired) electrons. The van der Waals surface area contributed by atoms with Gasteiger partial charge in [-0.1, -0.05) is 15.9 Å². The van der Waals surface area contributed by atoms with Crippen LogP contribution >= 0.6 is 31.9 Å². The van der Waals surface area contributed by atoms with Gasteiger partial charge in [-0.05, 0) is 39.7 Å². The van der Waals surface area contributed by atoms with Crippen molar-refractivity contribution in [2.45, 2.75) is 6.04 Å². The zero-order valence-corrected chi connectivity index (χ0v) is 12.7. The van der Waals surface area contributed by atoms with Crippen molar-refractivity contribution >= 4 is 31.9 Å². The van der Waals surface area contributed by atoms with Crippen molar-refractivity contribution in [2.24, 2.45) is 12.9 Å². The van der Waals surface area contributed by atoms with Gasteiger partial charge in [0.05, 0.1) is 22.4 Å². The van der Waals surface area contributed by atoms with Gasteiger partial charge in [0, 0.05) is 11.5 Å². The predicted octanol–water partition coefficient (Wildman–Crippen LogP) is 2.64. The molecule has 1 heterocycles. The number of hydrogen-bond donors (Lipinski definition) is 2. The molecule has 2 aromatic rings. The van der Waals surface area contributed by atoms with Gasteiger partial charge in [-0.15, -0.1) is 0 Å². The highest BCUT2D eigenvalue weighted by Gasteiger charge is 2.20. The van der Waals surface area contributed by atoms with Gasteiger partial charge in [-0.3, -0.25) is 10.5 Å². The second kappa shape index (κ2) is 5.48. The first-order valence-corrected chi connectivity index (χ1v) is 6.71. The van der Waals surface area contributed by atoms with E-state index in [2.05, 4.69) is 42.4 Å². The molecule has 1 aromatic carbocycles. The Hall–Kier alpha value is -0.760. The average molecular weight is 378 g/mol. The smallest absolute Gasteiger partial charge is 0.124 e. The largest absolute Gasteiger partial charge is 0.271 e. The number of halogens is 3. The van der Waals surface area contributed by atoms with Crippen LogP contribution in [-0.2, 0) is 7.05 Å². The first-order valence-electron chi connectivity index (χ1n) is 5.12. The minimum Gasteiger partial charge on any atom is -0.271 e. The summed E-state index contributed by atoms with van der Waals surface area (Å²) in [7, 11) is 1.80. The van der Waals surface area contributed by atoms with Crippen molar-refractivity contribution in [1.29, 1.82) is 0 Å². The van der Waals surface area contributed by atoms with Gasteiger partial charge in [0.25, 0.3) is 0 Å². The third-order valence-electron chi connectivity index (χ3n) is 2.60. The van der Waals surface area contributed by atoms with Crippen molar-refractivity contribution < 1.29 is 4.39 Å². The van der Waals surface area contributed by atoms with E-state index in [4.69, 9.17) is 5.84 Å². The number of benzene rings is 1. The van der Waals surface area contributed by atoms with Gasteiger partial charge in [-0.25, -0.2) is 9.82 Å². The molecule has 18 heavy (non-hydrogen) atoms. The van der Waals surface area contributed by atoms with Crippen LogP contribution in [0.3, 0.4) is 0 Å². The normalized spacial score (nSPS) is 12.7. The molecule has 1 unspecified atom stereocenters. The van der Waals surface area contributed by atoms with E-state index in [0.29, 0.717) is 10.0 Å². The van der Waals surface area contributed by atoms with Crippen molar-refractivity contribution in [3.05, 3.63) is 50.4 Å². The fourth-order valence-electron chi connectivity index (χ4n) is 1.82. The van der Waals surface area contributed by atoms with E-state index in [1.165, 1.54) is 12.1 Å². The lowest BCUT2D eigenvalue weighted by Crippen LogP contribution is -2.30. The monoisotopic (exact) mass is 376 g/mol. The Labute approximate surface area is 121 Å². The molecule has 96 valence electrons. The van der Waals surface area contributed by atoms with Crippen molar-refractivity contribution in [3.63, 3.8) is 0 Å². The molecular formula is C11H11Br2FN4. The van der Waals surface area contributed by atoms with Crippen LogP contribution in [0.1, 0.15) is 17.3 Å². The van der Waals surface area contributed by atoms with E-state index in [9.17, 15) is 4.39 Å². The van der Waals surface area contributed by atoms with E-state index < -0.39 is 0 Å². The summed E-state index contributed by atoms with van der Waals surface area (Å²) in [6.07, 6.45) is 1.67. The zero-order chi connectivity index (χ0) is 13.3. The number of nitrogens with one attached hydrogen (secondary N) is 1. The molecule has 7 heteroatoms. The number of nitrogens with two attached hydrogens (primary N) is 1. The Kier molecular flexibility index (Phi) is 4.16. The second-order valence-electron chi connectivity index (χ2n) is 3.80. The number of aromatic nitrogens is 2. The molecule has 0 saturated heterocycles. The van der Waals surface area contributed by atoms with Gasteiger partial charge in [0.2, 0.25) is 0 Å². The van der Waals surface area contributed by atoms with E-state index in [0.717, 1.165) is 10.2 Å². The van der Waals surface area contributed by atoms with Crippen molar-refractivity contribution in [3.8, 4) is 0 Å². The number of rotatable bonds is 3. The maximum atomic E-state index is 13.4. The first-order chi connectivity index (χ1) is 8.52. The van der Waals surface area contributed by atoms with Crippen LogP contribution in [0.15, 0.2) is 33.3 Å². The van der Waals surface area contributed by atoms with Crippen LogP contribution in [0, 0.1) is 5.82 Å². The topological polar surface area (TPSA) is 55.9 Å². The quantitative estimate of drug-likeness (QED) is 0.638. The fourth-order valence-corrected chi connectivity index (χ4v) is 2.88. The summed E-state index contributed by atoms with van der Waals surface area (Å²) in [4.78, 5) is 0. The highest BCUT2D eigenvalue weighted by Crippen LogP contribution is 2.29. The van der Waals surface area contributed by atoms with Crippen LogP contribution < -0.4 is 11.3 Å². The molecule has 0 amide bonds. The molecule has 0 aliphatic heterocycles. The van der Waals surface area contributed by atoms with E-state index >= 15 is 0 Å². The van der Waals surface area contributed by atoms with Gasteiger partial charge < -0.3 is 0 Å². The molecule has 0 saturated carbocycles.